The van der Waals surface area contributed by atoms with Crippen LogP contribution in [0, 0.1) is 11.7 Å². The molecular formula is C23H22F4N6O. The Balaban J connectivity index is 1.58. The second kappa shape index (κ2) is 9.70. The fraction of sp³-hybridized carbons (Fsp3) is 0.348. The molecule has 0 bridgehead atoms. The van der Waals surface area contributed by atoms with Crippen molar-refractivity contribution in [1.29, 1.82) is 0 Å². The molecule has 1 saturated heterocycles. The smallest absolute Gasteiger partial charge is 0.352 e. The number of carbonyl (C=O) groups is 1. The van der Waals surface area contributed by atoms with Gasteiger partial charge in [0.1, 0.15) is 5.82 Å². The number of nitrogens with one attached hydrogen (secondary N) is 1. The van der Waals surface area contributed by atoms with Crippen LogP contribution >= 0.6 is 0 Å². The van der Waals surface area contributed by atoms with E-state index in [9.17, 15) is 22.4 Å². The van der Waals surface area contributed by atoms with E-state index >= 15 is 0 Å². The van der Waals surface area contributed by atoms with E-state index in [2.05, 4.69) is 25.3 Å². The van der Waals surface area contributed by atoms with Gasteiger partial charge in [0.25, 0.3) is 5.91 Å². The van der Waals surface area contributed by atoms with E-state index in [4.69, 9.17) is 0 Å². The molecule has 1 aromatic carbocycles. The molecule has 1 aliphatic rings. The quantitative estimate of drug-likeness (QED) is 0.551. The lowest BCUT2D eigenvalue weighted by atomic mass is 9.89. The summed E-state index contributed by atoms with van der Waals surface area (Å²) in [5.41, 5.74) is -0.767. The van der Waals surface area contributed by atoms with Gasteiger partial charge in [-0.2, -0.15) is 13.2 Å². The predicted molar refractivity (Wildman–Crippen MR) is 116 cm³/mol. The van der Waals surface area contributed by atoms with Crippen molar-refractivity contribution in [2.75, 3.05) is 18.4 Å². The second-order valence-corrected chi connectivity index (χ2v) is 8.09. The van der Waals surface area contributed by atoms with Crippen molar-refractivity contribution in [2.24, 2.45) is 5.92 Å². The van der Waals surface area contributed by atoms with Crippen LogP contribution in [0.15, 0.2) is 49.1 Å². The number of aromatic nitrogens is 4. The van der Waals surface area contributed by atoms with Crippen LogP contribution in [0.1, 0.15) is 35.7 Å². The summed E-state index contributed by atoms with van der Waals surface area (Å²) in [5.74, 6) is -0.855. The molecule has 1 amide bonds. The Labute approximate surface area is 193 Å². The summed E-state index contributed by atoms with van der Waals surface area (Å²) in [4.78, 5) is 30.9. The summed E-state index contributed by atoms with van der Waals surface area (Å²) < 4.78 is 53.2. The van der Waals surface area contributed by atoms with Crippen LogP contribution in [0.3, 0.4) is 0 Å². The number of hydrogen-bond acceptors (Lipinski definition) is 6. The average molecular weight is 474 g/mol. The fourth-order valence-electron chi connectivity index (χ4n) is 4.08. The molecule has 7 nitrogen and oxygen atoms in total. The van der Waals surface area contributed by atoms with Crippen molar-refractivity contribution in [2.45, 2.75) is 32.0 Å². The maximum atomic E-state index is 14.9. The highest BCUT2D eigenvalue weighted by Crippen LogP contribution is 2.30. The van der Waals surface area contributed by atoms with E-state index in [1.54, 1.807) is 17.0 Å². The zero-order valence-electron chi connectivity index (χ0n) is 18.3. The van der Waals surface area contributed by atoms with Crippen molar-refractivity contribution in [1.82, 2.24) is 24.8 Å². The van der Waals surface area contributed by atoms with Crippen molar-refractivity contribution < 1.29 is 22.4 Å². The molecular weight excluding hydrogens is 452 g/mol. The number of alkyl halides is 3. The summed E-state index contributed by atoms with van der Waals surface area (Å²) in [5, 5.41) is 2.92. The van der Waals surface area contributed by atoms with Crippen LogP contribution < -0.4 is 5.32 Å². The molecule has 1 unspecified atom stereocenters. The Morgan fingerprint density at radius 1 is 1.12 bits per heavy atom. The Kier molecular flexibility index (Phi) is 6.71. The van der Waals surface area contributed by atoms with Gasteiger partial charge in [-0.3, -0.25) is 4.79 Å². The Bertz CT molecular complexity index is 1140. The molecule has 0 radical (unpaired) electrons. The summed E-state index contributed by atoms with van der Waals surface area (Å²) in [6.07, 6.45) is 1.49. The normalized spacial score (nSPS) is 18.6. The van der Waals surface area contributed by atoms with E-state index in [1.165, 1.54) is 24.5 Å². The average Bonchev–Trinajstić information content (AvgIpc) is 2.83. The van der Waals surface area contributed by atoms with Gasteiger partial charge < -0.3 is 10.2 Å². The van der Waals surface area contributed by atoms with Crippen LogP contribution in [0.5, 0.6) is 0 Å². The highest BCUT2D eigenvalue weighted by atomic mass is 19.4. The minimum Gasteiger partial charge on any atom is -0.352 e. The SMILES string of the molecule is C[C@@H]1CCCN(C(=O)c2c(F)cccc2-c2ncccn2)C1CNc1ncc(C(F)(F)F)cn1. The number of rotatable bonds is 5. The molecule has 1 aliphatic heterocycles. The summed E-state index contributed by atoms with van der Waals surface area (Å²) in [6.45, 7) is 2.58. The third-order valence-electron chi connectivity index (χ3n) is 5.86. The minimum atomic E-state index is -4.53. The molecule has 3 heterocycles. The molecule has 0 aliphatic carbocycles. The lowest BCUT2D eigenvalue weighted by Crippen LogP contribution is -2.51. The van der Waals surface area contributed by atoms with Gasteiger partial charge in [0.2, 0.25) is 5.95 Å². The number of nitrogens with zero attached hydrogens (tertiary/aromatic N) is 5. The van der Waals surface area contributed by atoms with Crippen molar-refractivity contribution in [3.05, 3.63) is 66.0 Å². The first-order valence-electron chi connectivity index (χ1n) is 10.8. The monoisotopic (exact) mass is 474 g/mol. The number of likely N-dealkylation sites (tertiary alicyclic amines) is 1. The third kappa shape index (κ3) is 4.97. The van der Waals surface area contributed by atoms with Crippen LogP contribution in [-0.2, 0) is 6.18 Å². The lowest BCUT2D eigenvalue weighted by Gasteiger charge is -2.40. The van der Waals surface area contributed by atoms with Gasteiger partial charge in [-0.05, 0) is 30.9 Å². The van der Waals surface area contributed by atoms with Gasteiger partial charge in [-0.15, -0.1) is 0 Å². The van der Waals surface area contributed by atoms with Gasteiger partial charge in [-0.25, -0.2) is 24.3 Å². The lowest BCUT2D eigenvalue weighted by molar-refractivity contribution is -0.138. The highest BCUT2D eigenvalue weighted by Gasteiger charge is 2.35. The van der Waals surface area contributed by atoms with Crippen molar-refractivity contribution >= 4 is 11.9 Å². The number of hydrogen-bond donors (Lipinski definition) is 1. The molecule has 0 saturated carbocycles. The Morgan fingerprint density at radius 3 is 2.50 bits per heavy atom. The molecule has 1 fully saturated rings. The Hall–Kier alpha value is -3.63. The number of amides is 1. The summed E-state index contributed by atoms with van der Waals surface area (Å²) in [6, 6.07) is 5.59. The van der Waals surface area contributed by atoms with Gasteiger partial charge in [0.15, 0.2) is 5.82 Å². The zero-order chi connectivity index (χ0) is 24.3. The minimum absolute atomic E-state index is 0.0161. The van der Waals surface area contributed by atoms with Gasteiger partial charge >= 0.3 is 6.18 Å². The summed E-state index contributed by atoms with van der Waals surface area (Å²) >= 11 is 0. The van der Waals surface area contributed by atoms with Crippen LogP contribution in [0.2, 0.25) is 0 Å². The first-order chi connectivity index (χ1) is 16.3. The number of carbonyl (C=O) groups excluding carboxylic acids is 1. The van der Waals surface area contributed by atoms with Gasteiger partial charge in [0, 0.05) is 43.4 Å². The van der Waals surface area contributed by atoms with E-state index < -0.39 is 23.5 Å². The number of anilines is 1. The first-order valence-corrected chi connectivity index (χ1v) is 10.8. The molecule has 2 atom stereocenters. The van der Waals surface area contributed by atoms with Crippen molar-refractivity contribution in [3.63, 3.8) is 0 Å². The van der Waals surface area contributed by atoms with E-state index in [0.717, 1.165) is 12.8 Å². The maximum absolute atomic E-state index is 14.9. The second-order valence-electron chi connectivity index (χ2n) is 8.09. The predicted octanol–water partition coefficient (Wildman–Crippen LogP) is 4.44. The largest absolute Gasteiger partial charge is 0.419 e. The van der Waals surface area contributed by atoms with E-state index in [1.807, 2.05) is 6.92 Å². The topological polar surface area (TPSA) is 83.9 Å². The maximum Gasteiger partial charge on any atom is 0.419 e. The number of benzene rings is 1. The molecule has 0 spiro atoms. The summed E-state index contributed by atoms with van der Waals surface area (Å²) in [7, 11) is 0. The Morgan fingerprint density at radius 2 is 1.82 bits per heavy atom. The fourth-order valence-corrected chi connectivity index (χ4v) is 4.08. The highest BCUT2D eigenvalue weighted by molar-refractivity contribution is 6.00. The van der Waals surface area contributed by atoms with Crippen LogP contribution in [0.4, 0.5) is 23.5 Å². The zero-order valence-corrected chi connectivity index (χ0v) is 18.3. The van der Waals surface area contributed by atoms with Crippen molar-refractivity contribution in [3.8, 4) is 11.4 Å². The van der Waals surface area contributed by atoms with Crippen LogP contribution in [0.25, 0.3) is 11.4 Å². The first kappa shape index (κ1) is 23.5. The number of halogens is 4. The molecule has 11 heteroatoms. The van der Waals surface area contributed by atoms with E-state index in [-0.39, 0.29) is 35.8 Å². The molecule has 3 aromatic rings. The van der Waals surface area contributed by atoms with Gasteiger partial charge in [-0.1, -0.05) is 19.1 Å². The molecule has 2 aromatic heterocycles. The van der Waals surface area contributed by atoms with E-state index in [0.29, 0.717) is 24.5 Å². The number of piperidine rings is 1. The molecule has 178 valence electrons. The third-order valence-corrected chi connectivity index (χ3v) is 5.86. The molecule has 34 heavy (non-hydrogen) atoms. The molecule has 1 N–H and O–H groups in total. The van der Waals surface area contributed by atoms with Gasteiger partial charge in [0.05, 0.1) is 17.2 Å². The van der Waals surface area contributed by atoms with Crippen LogP contribution in [-0.4, -0.2) is 49.9 Å². The molecule has 4 rings (SSSR count). The standard InChI is InChI=1S/C23H22F4N6O/c1-14-5-3-10-33(18(14)13-32-22-30-11-15(12-31-22)23(25,26)27)21(34)19-16(6-2-7-17(19)24)20-28-8-4-9-29-20/h2,4,6-9,11-12,14,18H,3,5,10,13H2,1H3,(H,30,31,32)/t14-,18?/m1/s1.